The number of aromatic nitrogens is 1. The average Bonchev–Trinajstić information content (AvgIpc) is 2.33. The monoisotopic (exact) mass is 356 g/mol. The van der Waals surface area contributed by atoms with Crippen LogP contribution in [0.15, 0.2) is 34.9 Å². The Kier molecular flexibility index (Phi) is 4.39. The van der Waals surface area contributed by atoms with Gasteiger partial charge in [0.2, 0.25) is 5.88 Å². The number of nitrogens with two attached hydrogens (primary N) is 1. The average molecular weight is 358 g/mol. The highest BCUT2D eigenvalue weighted by Gasteiger charge is 2.13. The van der Waals surface area contributed by atoms with Gasteiger partial charge in [-0.3, -0.25) is 0 Å². The Morgan fingerprint density at radius 3 is 2.84 bits per heavy atom. The normalized spacial score (nSPS) is 10.3. The first-order valence-corrected chi connectivity index (χ1v) is 6.95. The zero-order valence-electron chi connectivity index (χ0n) is 9.98. The second-order valence-corrected chi connectivity index (χ2v) is 5.61. The molecule has 3 nitrogen and oxygen atoms in total. The quantitative estimate of drug-likeness (QED) is 0.835. The molecule has 0 spiro atoms. The van der Waals surface area contributed by atoms with Crippen LogP contribution in [0.25, 0.3) is 0 Å². The minimum Gasteiger partial charge on any atom is -0.437 e. The number of halogens is 2. The molecule has 2 N–H and O–H groups in total. The molecule has 0 saturated heterocycles. The molecule has 6 heteroatoms. The SMILES string of the molecule is Cc1ccnc(Oc2cc(Br)ccc2Cl)c1C(N)=S. The summed E-state index contributed by atoms with van der Waals surface area (Å²) in [5, 5.41) is 0.486. The number of benzene rings is 1. The Hall–Kier alpha value is -1.17. The molecule has 0 fully saturated rings. The van der Waals surface area contributed by atoms with Gasteiger partial charge in [-0.1, -0.05) is 39.7 Å². The lowest BCUT2D eigenvalue weighted by atomic mass is 10.1. The van der Waals surface area contributed by atoms with Gasteiger partial charge in [-0.25, -0.2) is 4.98 Å². The largest absolute Gasteiger partial charge is 0.437 e. The van der Waals surface area contributed by atoms with Gasteiger partial charge in [-0.15, -0.1) is 0 Å². The first kappa shape index (κ1) is 14.2. The summed E-state index contributed by atoms with van der Waals surface area (Å²) >= 11 is 14.5. The Bertz CT molecular complexity index is 649. The molecule has 98 valence electrons. The van der Waals surface area contributed by atoms with Crippen LogP contribution in [-0.2, 0) is 0 Å². The highest BCUT2D eigenvalue weighted by Crippen LogP contribution is 2.33. The van der Waals surface area contributed by atoms with Crippen molar-refractivity contribution in [3.8, 4) is 11.6 Å². The van der Waals surface area contributed by atoms with Crippen LogP contribution in [0.3, 0.4) is 0 Å². The predicted octanol–water partition coefficient (Wildman–Crippen LogP) is 4.23. The maximum atomic E-state index is 6.08. The van der Waals surface area contributed by atoms with Gasteiger partial charge in [0, 0.05) is 10.7 Å². The van der Waals surface area contributed by atoms with E-state index < -0.39 is 0 Å². The van der Waals surface area contributed by atoms with Gasteiger partial charge in [0.05, 0.1) is 10.6 Å². The molecular formula is C13H10BrClN2OS. The van der Waals surface area contributed by atoms with Crippen molar-refractivity contribution in [1.82, 2.24) is 4.98 Å². The van der Waals surface area contributed by atoms with Crippen LogP contribution in [0.5, 0.6) is 11.6 Å². The van der Waals surface area contributed by atoms with E-state index in [1.807, 2.05) is 19.1 Å². The summed E-state index contributed by atoms with van der Waals surface area (Å²) in [6.07, 6.45) is 1.64. The molecule has 0 radical (unpaired) electrons. The van der Waals surface area contributed by atoms with Gasteiger partial charge in [0.25, 0.3) is 0 Å². The van der Waals surface area contributed by atoms with E-state index in [2.05, 4.69) is 20.9 Å². The minimum atomic E-state index is 0.242. The third-order valence-corrected chi connectivity index (χ3v) is 3.48. The number of nitrogens with zero attached hydrogens (tertiary/aromatic N) is 1. The van der Waals surface area contributed by atoms with Crippen LogP contribution in [0.4, 0.5) is 0 Å². The molecule has 19 heavy (non-hydrogen) atoms. The van der Waals surface area contributed by atoms with Crippen molar-refractivity contribution in [3.63, 3.8) is 0 Å². The van der Waals surface area contributed by atoms with E-state index in [9.17, 15) is 0 Å². The van der Waals surface area contributed by atoms with E-state index in [-0.39, 0.29) is 4.99 Å². The van der Waals surface area contributed by atoms with Crippen LogP contribution in [0.2, 0.25) is 5.02 Å². The molecule has 1 heterocycles. The van der Waals surface area contributed by atoms with Gasteiger partial charge in [-0.2, -0.15) is 0 Å². The number of thiocarbonyl (C=S) groups is 1. The number of aryl methyl sites for hydroxylation is 1. The minimum absolute atomic E-state index is 0.242. The van der Waals surface area contributed by atoms with Crippen molar-refractivity contribution in [2.45, 2.75) is 6.92 Å². The number of ether oxygens (including phenoxy) is 1. The highest BCUT2D eigenvalue weighted by atomic mass is 79.9. The van der Waals surface area contributed by atoms with Crippen molar-refractivity contribution in [1.29, 1.82) is 0 Å². The first-order chi connectivity index (χ1) is 8.99. The molecule has 2 aromatic rings. The summed E-state index contributed by atoms with van der Waals surface area (Å²) in [6, 6.07) is 7.14. The second-order valence-electron chi connectivity index (χ2n) is 3.85. The van der Waals surface area contributed by atoms with Crippen LogP contribution < -0.4 is 10.5 Å². The van der Waals surface area contributed by atoms with Crippen molar-refractivity contribution in [2.24, 2.45) is 5.73 Å². The van der Waals surface area contributed by atoms with E-state index >= 15 is 0 Å². The molecule has 0 saturated carbocycles. The van der Waals surface area contributed by atoms with Gasteiger partial charge in [0.1, 0.15) is 10.7 Å². The number of hydrogen-bond acceptors (Lipinski definition) is 3. The van der Waals surface area contributed by atoms with Crippen molar-refractivity contribution in [2.75, 3.05) is 0 Å². The van der Waals surface area contributed by atoms with Gasteiger partial charge >= 0.3 is 0 Å². The zero-order chi connectivity index (χ0) is 14.0. The molecule has 0 amide bonds. The second kappa shape index (κ2) is 5.86. The fraction of sp³-hybridized carbons (Fsp3) is 0.0769. The van der Waals surface area contributed by atoms with Gasteiger partial charge in [0.15, 0.2) is 0 Å². The molecule has 1 aromatic carbocycles. The van der Waals surface area contributed by atoms with Gasteiger partial charge in [-0.05, 0) is 36.8 Å². The first-order valence-electron chi connectivity index (χ1n) is 5.37. The van der Waals surface area contributed by atoms with Crippen LogP contribution in [0, 0.1) is 6.92 Å². The van der Waals surface area contributed by atoms with E-state index in [0.717, 1.165) is 10.0 Å². The smallest absolute Gasteiger partial charge is 0.229 e. The molecule has 0 atom stereocenters. The van der Waals surface area contributed by atoms with E-state index in [0.29, 0.717) is 22.2 Å². The fourth-order valence-electron chi connectivity index (χ4n) is 1.57. The predicted molar refractivity (Wildman–Crippen MR) is 84.1 cm³/mol. The molecule has 1 aromatic heterocycles. The van der Waals surface area contributed by atoms with Gasteiger partial charge < -0.3 is 10.5 Å². The maximum Gasteiger partial charge on any atom is 0.229 e. The summed E-state index contributed by atoms with van der Waals surface area (Å²) in [7, 11) is 0. The Morgan fingerprint density at radius 1 is 1.42 bits per heavy atom. The van der Waals surface area contributed by atoms with Crippen molar-refractivity contribution >= 4 is 44.7 Å². The molecular weight excluding hydrogens is 348 g/mol. The molecule has 0 unspecified atom stereocenters. The number of pyridine rings is 1. The third kappa shape index (κ3) is 3.23. The molecule has 0 aliphatic heterocycles. The van der Waals surface area contributed by atoms with Crippen molar-refractivity contribution in [3.05, 3.63) is 51.1 Å². The van der Waals surface area contributed by atoms with Crippen LogP contribution in [-0.4, -0.2) is 9.97 Å². The fourth-order valence-corrected chi connectivity index (χ4v) is 2.31. The lowest BCUT2D eigenvalue weighted by molar-refractivity contribution is 0.461. The third-order valence-electron chi connectivity index (χ3n) is 2.47. The summed E-state index contributed by atoms with van der Waals surface area (Å²) in [4.78, 5) is 4.41. The van der Waals surface area contributed by atoms with Crippen LogP contribution in [0.1, 0.15) is 11.1 Å². The Balaban J connectivity index is 2.46. The maximum absolute atomic E-state index is 6.08. The van der Waals surface area contributed by atoms with Crippen LogP contribution >= 0.6 is 39.7 Å². The molecule has 0 bridgehead atoms. The summed E-state index contributed by atoms with van der Waals surface area (Å²) in [5.74, 6) is 0.846. The molecule has 0 aliphatic carbocycles. The lowest BCUT2D eigenvalue weighted by Gasteiger charge is -2.12. The summed E-state index contributed by atoms with van der Waals surface area (Å²) in [6.45, 7) is 1.89. The number of hydrogen-bond donors (Lipinski definition) is 1. The topological polar surface area (TPSA) is 48.1 Å². The lowest BCUT2D eigenvalue weighted by Crippen LogP contribution is -2.13. The number of rotatable bonds is 3. The Morgan fingerprint density at radius 2 is 2.16 bits per heavy atom. The Labute approximate surface area is 129 Å². The summed E-state index contributed by atoms with van der Waals surface area (Å²) in [5.41, 5.74) is 7.23. The zero-order valence-corrected chi connectivity index (χ0v) is 13.1. The van der Waals surface area contributed by atoms with E-state index in [1.165, 1.54) is 0 Å². The van der Waals surface area contributed by atoms with E-state index in [4.69, 9.17) is 34.3 Å². The molecule has 0 aliphatic rings. The standard InChI is InChI=1S/C13H10BrClN2OS/c1-7-4-5-17-13(11(7)12(16)19)18-10-6-8(14)2-3-9(10)15/h2-6H,1H3,(H2,16,19). The van der Waals surface area contributed by atoms with E-state index in [1.54, 1.807) is 18.3 Å². The van der Waals surface area contributed by atoms with Crippen molar-refractivity contribution < 1.29 is 4.74 Å². The molecule has 2 rings (SSSR count). The highest BCUT2D eigenvalue weighted by molar-refractivity contribution is 9.10. The summed E-state index contributed by atoms with van der Waals surface area (Å²) < 4.78 is 6.58.